The summed E-state index contributed by atoms with van der Waals surface area (Å²) >= 11 is 1.48. The number of hydrogen-bond donors (Lipinski definition) is 2. The van der Waals surface area contributed by atoms with Crippen LogP contribution in [0, 0.1) is 12.3 Å². The van der Waals surface area contributed by atoms with Crippen molar-refractivity contribution in [2.24, 2.45) is 0 Å². The molecule has 1 aliphatic rings. The normalized spacial score (nSPS) is 13.9. The van der Waals surface area contributed by atoms with Crippen LogP contribution in [0.15, 0.2) is 54.3 Å². The van der Waals surface area contributed by atoms with Gasteiger partial charge in [-0.15, -0.1) is 11.3 Å². The van der Waals surface area contributed by atoms with Crippen LogP contribution in [0.25, 0.3) is 16.8 Å². The lowest BCUT2D eigenvalue weighted by molar-refractivity contribution is 0.393. The van der Waals surface area contributed by atoms with Crippen molar-refractivity contribution in [3.05, 3.63) is 64.2 Å². The van der Waals surface area contributed by atoms with Gasteiger partial charge in [-0.2, -0.15) is 0 Å². The number of methoxy groups -OCH3 is 2. The fourth-order valence-electron chi connectivity index (χ4n) is 3.38. The van der Waals surface area contributed by atoms with Gasteiger partial charge < -0.3 is 19.5 Å². The molecule has 4 rings (SSSR count). The number of aliphatic hydroxyl groups excluding tert-OH is 1. The molecule has 0 unspecified atom stereocenters. The Morgan fingerprint density at radius 2 is 1.86 bits per heavy atom. The van der Waals surface area contributed by atoms with E-state index in [4.69, 9.17) is 19.9 Å². The van der Waals surface area contributed by atoms with E-state index in [1.807, 2.05) is 43.3 Å². The topological polar surface area (TPSA) is 78.7 Å². The van der Waals surface area contributed by atoms with Crippen LogP contribution in [0.3, 0.4) is 0 Å². The van der Waals surface area contributed by atoms with Crippen molar-refractivity contribution in [2.45, 2.75) is 6.92 Å². The van der Waals surface area contributed by atoms with E-state index in [0.29, 0.717) is 27.8 Å². The standard InChI is InChI=1S/C22H21N3O3S/c1-13-20(14-7-5-4-6-8-14)24-22(29-13)19-17(26)12-25(21(19)23)16-10-9-15(27-2)11-18(16)28-3/h4-11,23,26H,12H2,1-3H3. The summed E-state index contributed by atoms with van der Waals surface area (Å²) in [6, 6.07) is 15.3. The van der Waals surface area contributed by atoms with Gasteiger partial charge in [0, 0.05) is 16.5 Å². The SMILES string of the molecule is COc1ccc(N2CC(O)=C(c3nc(-c4ccccc4)c(C)s3)C2=N)c(OC)c1. The molecule has 0 saturated heterocycles. The van der Waals surface area contributed by atoms with Gasteiger partial charge in [-0.3, -0.25) is 5.41 Å². The molecule has 29 heavy (non-hydrogen) atoms. The predicted octanol–water partition coefficient (Wildman–Crippen LogP) is 4.90. The van der Waals surface area contributed by atoms with Gasteiger partial charge in [0.15, 0.2) is 0 Å². The molecule has 0 radical (unpaired) electrons. The Labute approximate surface area is 173 Å². The second-order valence-electron chi connectivity index (χ2n) is 6.58. The van der Waals surface area contributed by atoms with Crippen molar-refractivity contribution in [2.75, 3.05) is 25.7 Å². The Kier molecular flexibility index (Phi) is 4.98. The Morgan fingerprint density at radius 3 is 2.55 bits per heavy atom. The number of nitrogens with zero attached hydrogens (tertiary/aromatic N) is 2. The van der Waals surface area contributed by atoms with Crippen molar-refractivity contribution in [1.82, 2.24) is 4.98 Å². The number of nitrogens with one attached hydrogen (secondary N) is 1. The smallest absolute Gasteiger partial charge is 0.146 e. The zero-order valence-electron chi connectivity index (χ0n) is 16.4. The number of rotatable bonds is 5. The number of aromatic nitrogens is 1. The fraction of sp³-hybridized carbons (Fsp3) is 0.182. The summed E-state index contributed by atoms with van der Waals surface area (Å²) in [5, 5.41) is 20.0. The van der Waals surface area contributed by atoms with E-state index in [2.05, 4.69) is 0 Å². The quantitative estimate of drug-likeness (QED) is 0.629. The fourth-order valence-corrected chi connectivity index (χ4v) is 4.39. The Balaban J connectivity index is 1.69. The molecule has 0 spiro atoms. The minimum atomic E-state index is 0.126. The zero-order valence-corrected chi connectivity index (χ0v) is 17.2. The number of ether oxygens (including phenoxy) is 2. The van der Waals surface area contributed by atoms with Gasteiger partial charge >= 0.3 is 0 Å². The van der Waals surface area contributed by atoms with E-state index >= 15 is 0 Å². The van der Waals surface area contributed by atoms with E-state index in [1.54, 1.807) is 31.3 Å². The minimum absolute atomic E-state index is 0.126. The molecule has 2 aromatic carbocycles. The largest absolute Gasteiger partial charge is 0.510 e. The molecular weight excluding hydrogens is 386 g/mol. The van der Waals surface area contributed by atoms with Crippen molar-refractivity contribution in [3.8, 4) is 22.8 Å². The third kappa shape index (κ3) is 3.34. The van der Waals surface area contributed by atoms with Crippen LogP contribution < -0.4 is 14.4 Å². The molecule has 0 atom stereocenters. The molecule has 2 heterocycles. The lowest BCUT2D eigenvalue weighted by Crippen LogP contribution is -2.26. The molecule has 0 aliphatic carbocycles. The summed E-state index contributed by atoms with van der Waals surface area (Å²) in [5.74, 6) is 1.56. The summed E-state index contributed by atoms with van der Waals surface area (Å²) < 4.78 is 10.7. The average molecular weight is 407 g/mol. The maximum Gasteiger partial charge on any atom is 0.146 e. The first-order chi connectivity index (χ1) is 14.0. The van der Waals surface area contributed by atoms with Crippen molar-refractivity contribution < 1.29 is 14.6 Å². The molecule has 6 nitrogen and oxygen atoms in total. The second-order valence-corrected chi connectivity index (χ2v) is 7.79. The van der Waals surface area contributed by atoms with Gasteiger partial charge in [-0.05, 0) is 19.1 Å². The van der Waals surface area contributed by atoms with Crippen LogP contribution in [0.5, 0.6) is 11.5 Å². The molecule has 1 aromatic heterocycles. The van der Waals surface area contributed by atoms with Gasteiger partial charge in [0.2, 0.25) is 0 Å². The molecule has 148 valence electrons. The van der Waals surface area contributed by atoms with Crippen molar-refractivity contribution >= 4 is 28.4 Å². The van der Waals surface area contributed by atoms with Crippen molar-refractivity contribution in [1.29, 1.82) is 5.41 Å². The number of benzene rings is 2. The van der Waals surface area contributed by atoms with E-state index in [9.17, 15) is 5.11 Å². The summed E-state index contributed by atoms with van der Waals surface area (Å²) in [7, 11) is 3.16. The predicted molar refractivity (Wildman–Crippen MR) is 116 cm³/mol. The first-order valence-electron chi connectivity index (χ1n) is 9.07. The van der Waals surface area contributed by atoms with Crippen LogP contribution in [-0.4, -0.2) is 36.7 Å². The first kappa shape index (κ1) is 19.0. The van der Waals surface area contributed by atoms with Gasteiger partial charge in [-0.25, -0.2) is 4.98 Å². The van der Waals surface area contributed by atoms with Crippen LogP contribution in [0.4, 0.5) is 5.69 Å². The molecule has 1 aliphatic heterocycles. The maximum absolute atomic E-state index is 10.7. The average Bonchev–Trinajstić information content (AvgIpc) is 3.26. The third-order valence-corrected chi connectivity index (χ3v) is 5.83. The van der Waals surface area contributed by atoms with E-state index in [-0.39, 0.29) is 18.1 Å². The molecule has 0 fully saturated rings. The number of amidine groups is 1. The number of aliphatic hydroxyl groups is 1. The number of aryl methyl sites for hydroxylation is 1. The highest BCUT2D eigenvalue weighted by Crippen LogP contribution is 2.40. The molecular formula is C22H21N3O3S. The summed E-state index contributed by atoms with van der Waals surface area (Å²) in [6.45, 7) is 2.19. The Bertz CT molecular complexity index is 1110. The maximum atomic E-state index is 10.7. The number of thiazole rings is 1. The van der Waals surface area contributed by atoms with Crippen LogP contribution in [-0.2, 0) is 0 Å². The monoisotopic (exact) mass is 407 g/mol. The summed E-state index contributed by atoms with van der Waals surface area (Å²) in [6.07, 6.45) is 0. The second kappa shape index (κ2) is 7.60. The number of anilines is 1. The van der Waals surface area contributed by atoms with Gasteiger partial charge in [-0.1, -0.05) is 30.3 Å². The minimum Gasteiger partial charge on any atom is -0.510 e. The Hall–Kier alpha value is -3.32. The van der Waals surface area contributed by atoms with E-state index in [0.717, 1.165) is 16.1 Å². The van der Waals surface area contributed by atoms with Crippen LogP contribution >= 0.6 is 11.3 Å². The van der Waals surface area contributed by atoms with Gasteiger partial charge in [0.25, 0.3) is 0 Å². The van der Waals surface area contributed by atoms with Gasteiger partial charge in [0.1, 0.15) is 28.1 Å². The van der Waals surface area contributed by atoms with E-state index < -0.39 is 0 Å². The lowest BCUT2D eigenvalue weighted by Gasteiger charge is -2.21. The molecule has 0 bridgehead atoms. The van der Waals surface area contributed by atoms with Gasteiger partial charge in [0.05, 0.1) is 37.7 Å². The Morgan fingerprint density at radius 1 is 1.10 bits per heavy atom. The summed E-state index contributed by atoms with van der Waals surface area (Å²) in [5.41, 5.74) is 3.04. The highest BCUT2D eigenvalue weighted by Gasteiger charge is 2.33. The molecule has 2 N–H and O–H groups in total. The van der Waals surface area contributed by atoms with Crippen LogP contribution in [0.2, 0.25) is 0 Å². The highest BCUT2D eigenvalue weighted by atomic mass is 32.1. The summed E-state index contributed by atoms with van der Waals surface area (Å²) in [4.78, 5) is 7.49. The molecule has 0 amide bonds. The van der Waals surface area contributed by atoms with E-state index in [1.165, 1.54) is 11.3 Å². The zero-order chi connectivity index (χ0) is 20.5. The first-order valence-corrected chi connectivity index (χ1v) is 9.89. The lowest BCUT2D eigenvalue weighted by atomic mass is 10.1. The number of hydrogen-bond acceptors (Lipinski definition) is 6. The molecule has 0 saturated carbocycles. The van der Waals surface area contributed by atoms with Crippen molar-refractivity contribution in [3.63, 3.8) is 0 Å². The molecule has 3 aromatic rings. The molecule has 7 heteroatoms. The van der Waals surface area contributed by atoms with Crippen LogP contribution in [0.1, 0.15) is 9.88 Å². The highest BCUT2D eigenvalue weighted by molar-refractivity contribution is 7.13. The third-order valence-electron chi connectivity index (χ3n) is 4.84.